The average molecular weight is 250 g/mol. The lowest BCUT2D eigenvalue weighted by Gasteiger charge is -2.16. The van der Waals surface area contributed by atoms with E-state index in [-0.39, 0.29) is 18.8 Å². The lowest BCUT2D eigenvalue weighted by molar-refractivity contribution is 0.152. The van der Waals surface area contributed by atoms with Gasteiger partial charge in [-0.1, -0.05) is 30.3 Å². The number of hydrogen-bond donors (Lipinski definition) is 3. The zero-order valence-corrected chi connectivity index (χ0v) is 10.6. The van der Waals surface area contributed by atoms with Crippen LogP contribution in [0.1, 0.15) is 12.0 Å². The largest absolute Gasteiger partial charge is 0.396 e. The van der Waals surface area contributed by atoms with Crippen LogP contribution in [0.3, 0.4) is 0 Å². The van der Waals surface area contributed by atoms with Gasteiger partial charge < -0.3 is 15.5 Å². The van der Waals surface area contributed by atoms with Crippen LogP contribution in [0.25, 0.3) is 0 Å². The molecule has 4 heteroatoms. The summed E-state index contributed by atoms with van der Waals surface area (Å²) in [5, 5.41) is 22.0. The molecular formula is C14H22N2O2. The number of nitrogens with one attached hydrogen (secondary N) is 1. The fourth-order valence-corrected chi connectivity index (χ4v) is 2.40. The van der Waals surface area contributed by atoms with Crippen molar-refractivity contribution in [2.75, 3.05) is 26.2 Å². The SMILES string of the molecule is OCCCNC1CN(Cc2ccccc2)CC1O. The van der Waals surface area contributed by atoms with Crippen LogP contribution in [0.5, 0.6) is 0 Å². The first-order chi connectivity index (χ1) is 8.79. The van der Waals surface area contributed by atoms with E-state index in [9.17, 15) is 5.11 Å². The van der Waals surface area contributed by atoms with E-state index in [2.05, 4.69) is 22.3 Å². The highest BCUT2D eigenvalue weighted by Gasteiger charge is 2.30. The molecule has 100 valence electrons. The van der Waals surface area contributed by atoms with Crippen molar-refractivity contribution in [3.05, 3.63) is 35.9 Å². The van der Waals surface area contributed by atoms with Crippen molar-refractivity contribution >= 4 is 0 Å². The Bertz CT molecular complexity index is 345. The van der Waals surface area contributed by atoms with E-state index in [1.165, 1.54) is 5.56 Å². The Morgan fingerprint density at radius 1 is 1.22 bits per heavy atom. The van der Waals surface area contributed by atoms with Crippen LogP contribution in [-0.4, -0.2) is 53.5 Å². The first-order valence-electron chi connectivity index (χ1n) is 6.58. The van der Waals surface area contributed by atoms with E-state index in [1.54, 1.807) is 0 Å². The zero-order valence-electron chi connectivity index (χ0n) is 10.6. The van der Waals surface area contributed by atoms with Gasteiger partial charge in [0.05, 0.1) is 6.10 Å². The Labute approximate surface area is 108 Å². The van der Waals surface area contributed by atoms with Gasteiger partial charge in [0.2, 0.25) is 0 Å². The molecule has 1 aromatic carbocycles. The molecule has 0 saturated carbocycles. The molecule has 0 spiro atoms. The minimum absolute atomic E-state index is 0.125. The van der Waals surface area contributed by atoms with E-state index >= 15 is 0 Å². The molecule has 2 rings (SSSR count). The van der Waals surface area contributed by atoms with E-state index in [0.29, 0.717) is 6.54 Å². The highest BCUT2D eigenvalue weighted by atomic mass is 16.3. The maximum absolute atomic E-state index is 9.97. The maximum atomic E-state index is 9.97. The van der Waals surface area contributed by atoms with Crippen LogP contribution in [0, 0.1) is 0 Å². The van der Waals surface area contributed by atoms with Gasteiger partial charge in [0, 0.05) is 32.3 Å². The Kier molecular flexibility index (Phi) is 5.13. The average Bonchev–Trinajstić information content (AvgIpc) is 2.71. The van der Waals surface area contributed by atoms with Gasteiger partial charge in [-0.3, -0.25) is 4.90 Å². The summed E-state index contributed by atoms with van der Waals surface area (Å²) in [6.45, 7) is 3.42. The molecule has 0 aliphatic carbocycles. The Morgan fingerprint density at radius 2 is 2.00 bits per heavy atom. The molecule has 0 aromatic heterocycles. The Morgan fingerprint density at radius 3 is 2.72 bits per heavy atom. The molecule has 1 saturated heterocycles. The van der Waals surface area contributed by atoms with Crippen LogP contribution in [0.4, 0.5) is 0 Å². The summed E-state index contributed by atoms with van der Waals surface area (Å²) in [6, 6.07) is 10.4. The van der Waals surface area contributed by atoms with Gasteiger partial charge >= 0.3 is 0 Å². The lowest BCUT2D eigenvalue weighted by atomic mass is 10.2. The van der Waals surface area contributed by atoms with Crippen LogP contribution in [0.2, 0.25) is 0 Å². The normalized spacial score (nSPS) is 24.6. The molecule has 1 aliphatic rings. The molecule has 3 N–H and O–H groups in total. The summed E-state index contributed by atoms with van der Waals surface area (Å²) in [5.41, 5.74) is 1.28. The number of likely N-dealkylation sites (tertiary alicyclic amines) is 1. The smallest absolute Gasteiger partial charge is 0.0832 e. The Hall–Kier alpha value is -0.940. The monoisotopic (exact) mass is 250 g/mol. The summed E-state index contributed by atoms with van der Waals surface area (Å²) in [4.78, 5) is 2.26. The van der Waals surface area contributed by atoms with Crippen molar-refractivity contribution < 1.29 is 10.2 Å². The standard InChI is InChI=1S/C14H22N2O2/c17-8-4-7-15-13-10-16(11-14(13)18)9-12-5-2-1-3-6-12/h1-3,5-6,13-15,17-18H,4,7-11H2. The molecule has 2 atom stereocenters. The third kappa shape index (κ3) is 3.78. The van der Waals surface area contributed by atoms with Crippen LogP contribution >= 0.6 is 0 Å². The van der Waals surface area contributed by atoms with E-state index in [1.807, 2.05) is 18.2 Å². The van der Waals surface area contributed by atoms with Gasteiger partial charge in [-0.05, 0) is 18.5 Å². The minimum atomic E-state index is -0.313. The zero-order chi connectivity index (χ0) is 12.8. The maximum Gasteiger partial charge on any atom is 0.0832 e. The van der Waals surface area contributed by atoms with Crippen molar-refractivity contribution in [1.29, 1.82) is 0 Å². The highest BCUT2D eigenvalue weighted by Crippen LogP contribution is 2.14. The van der Waals surface area contributed by atoms with Crippen LogP contribution in [0.15, 0.2) is 30.3 Å². The summed E-state index contributed by atoms with van der Waals surface area (Å²) in [7, 11) is 0. The number of rotatable bonds is 6. The lowest BCUT2D eigenvalue weighted by Crippen LogP contribution is -2.39. The van der Waals surface area contributed by atoms with Gasteiger partial charge in [0.1, 0.15) is 0 Å². The third-order valence-corrected chi connectivity index (χ3v) is 3.36. The number of benzene rings is 1. The topological polar surface area (TPSA) is 55.7 Å². The molecular weight excluding hydrogens is 228 g/mol. The molecule has 2 unspecified atom stereocenters. The molecule has 0 amide bonds. The second kappa shape index (κ2) is 6.85. The van der Waals surface area contributed by atoms with Gasteiger partial charge in [-0.15, -0.1) is 0 Å². The minimum Gasteiger partial charge on any atom is -0.396 e. The van der Waals surface area contributed by atoms with Gasteiger partial charge in [0.15, 0.2) is 0 Å². The number of hydrogen-bond acceptors (Lipinski definition) is 4. The van der Waals surface area contributed by atoms with Crippen molar-refractivity contribution in [2.24, 2.45) is 0 Å². The van der Waals surface area contributed by atoms with Gasteiger partial charge in [-0.2, -0.15) is 0 Å². The Balaban J connectivity index is 1.79. The van der Waals surface area contributed by atoms with Crippen molar-refractivity contribution in [3.63, 3.8) is 0 Å². The first-order valence-corrected chi connectivity index (χ1v) is 6.58. The second-order valence-electron chi connectivity index (χ2n) is 4.88. The fourth-order valence-electron chi connectivity index (χ4n) is 2.40. The molecule has 1 heterocycles. The molecule has 0 bridgehead atoms. The fraction of sp³-hybridized carbons (Fsp3) is 0.571. The predicted octanol–water partition coefficient (Wildman–Crippen LogP) is 0.204. The molecule has 1 aliphatic heterocycles. The quantitative estimate of drug-likeness (QED) is 0.632. The van der Waals surface area contributed by atoms with Crippen molar-refractivity contribution in [2.45, 2.75) is 25.1 Å². The number of nitrogens with zero attached hydrogens (tertiary/aromatic N) is 1. The molecule has 1 fully saturated rings. The molecule has 0 radical (unpaired) electrons. The number of aliphatic hydroxyl groups is 2. The second-order valence-corrected chi connectivity index (χ2v) is 4.88. The molecule has 1 aromatic rings. The molecule has 4 nitrogen and oxygen atoms in total. The summed E-state index contributed by atoms with van der Waals surface area (Å²) in [6.07, 6.45) is 0.425. The highest BCUT2D eigenvalue weighted by molar-refractivity contribution is 5.14. The number of β-amino-alcohol motifs (C(OH)–C–C–N with tert-alkyl or cyclic N) is 1. The van der Waals surface area contributed by atoms with Crippen molar-refractivity contribution in [3.8, 4) is 0 Å². The summed E-state index contributed by atoms with van der Waals surface area (Å²) in [5.74, 6) is 0. The summed E-state index contributed by atoms with van der Waals surface area (Å²) >= 11 is 0. The third-order valence-electron chi connectivity index (χ3n) is 3.36. The van der Waals surface area contributed by atoms with Crippen molar-refractivity contribution in [1.82, 2.24) is 10.2 Å². The first kappa shape index (κ1) is 13.5. The predicted molar refractivity (Wildman–Crippen MR) is 71.2 cm³/mol. The van der Waals surface area contributed by atoms with E-state index < -0.39 is 0 Å². The van der Waals surface area contributed by atoms with Crippen LogP contribution < -0.4 is 5.32 Å². The number of aliphatic hydroxyl groups excluding tert-OH is 2. The van der Waals surface area contributed by atoms with Gasteiger partial charge in [0.25, 0.3) is 0 Å². The van der Waals surface area contributed by atoms with E-state index in [4.69, 9.17) is 5.11 Å². The summed E-state index contributed by atoms with van der Waals surface area (Å²) < 4.78 is 0. The van der Waals surface area contributed by atoms with Crippen LogP contribution in [-0.2, 0) is 6.54 Å². The van der Waals surface area contributed by atoms with Gasteiger partial charge in [-0.25, -0.2) is 0 Å². The molecule has 18 heavy (non-hydrogen) atoms. The van der Waals surface area contributed by atoms with E-state index in [0.717, 1.165) is 26.1 Å².